The summed E-state index contributed by atoms with van der Waals surface area (Å²) < 4.78 is 7.70. The second-order valence-electron chi connectivity index (χ2n) is 2.93. The summed E-state index contributed by atoms with van der Waals surface area (Å²) in [5, 5.41) is 0. The van der Waals surface area contributed by atoms with Crippen molar-refractivity contribution in [2.45, 2.75) is 6.92 Å². The number of esters is 1. The van der Waals surface area contributed by atoms with Crippen LogP contribution in [0.4, 0.5) is 0 Å². The molecule has 0 aromatic carbocycles. The van der Waals surface area contributed by atoms with E-state index in [1.54, 1.807) is 13.1 Å². The lowest BCUT2D eigenvalue weighted by atomic mass is 10.5. The molecule has 78 valence electrons. The summed E-state index contributed by atoms with van der Waals surface area (Å²) in [6, 6.07) is 3.85. The van der Waals surface area contributed by atoms with Crippen LogP contribution in [0, 0.1) is 3.57 Å². The van der Waals surface area contributed by atoms with Gasteiger partial charge >= 0.3 is 5.97 Å². The second-order valence-corrected chi connectivity index (χ2v) is 4.10. The summed E-state index contributed by atoms with van der Waals surface area (Å²) >= 11 is 2.18. The van der Waals surface area contributed by atoms with E-state index in [2.05, 4.69) is 27.6 Å². The number of rotatable bonds is 2. The molecular weight excluding hydrogens is 307 g/mol. The number of imidazole rings is 1. The molecule has 0 aliphatic rings. The molecule has 2 aromatic heterocycles. The van der Waals surface area contributed by atoms with Gasteiger partial charge in [-0.2, -0.15) is 0 Å². The molecule has 0 spiro atoms. The summed E-state index contributed by atoms with van der Waals surface area (Å²) in [7, 11) is 0. The summed E-state index contributed by atoms with van der Waals surface area (Å²) in [4.78, 5) is 15.6. The Bertz CT molecular complexity index is 507. The van der Waals surface area contributed by atoms with Crippen LogP contribution in [0.1, 0.15) is 17.4 Å². The third kappa shape index (κ3) is 1.97. The average Bonchev–Trinajstić information content (AvgIpc) is 2.63. The number of nitrogens with zero attached hydrogens (tertiary/aromatic N) is 2. The molecule has 0 N–H and O–H groups in total. The van der Waals surface area contributed by atoms with Crippen LogP contribution in [0.25, 0.3) is 5.65 Å². The molecule has 2 rings (SSSR count). The molecule has 0 atom stereocenters. The van der Waals surface area contributed by atoms with Gasteiger partial charge in [0.25, 0.3) is 0 Å². The van der Waals surface area contributed by atoms with E-state index >= 15 is 0 Å². The Balaban J connectivity index is 2.47. The quantitative estimate of drug-likeness (QED) is 0.630. The number of aromatic nitrogens is 2. The number of carbonyl (C=O) groups is 1. The Hall–Kier alpha value is -1.11. The maximum absolute atomic E-state index is 11.4. The number of fused-ring (bicyclic) bond motifs is 1. The number of hydrogen-bond donors (Lipinski definition) is 0. The normalized spacial score (nSPS) is 10.5. The molecule has 0 fully saturated rings. The Morgan fingerprint density at radius 1 is 1.67 bits per heavy atom. The van der Waals surface area contributed by atoms with Crippen LogP contribution in [0.3, 0.4) is 0 Å². The monoisotopic (exact) mass is 316 g/mol. The van der Waals surface area contributed by atoms with Crippen molar-refractivity contribution in [3.8, 4) is 0 Å². The number of hydrogen-bond acceptors (Lipinski definition) is 3. The highest BCUT2D eigenvalue weighted by Crippen LogP contribution is 2.13. The summed E-state index contributed by atoms with van der Waals surface area (Å²) in [5.41, 5.74) is 1.13. The van der Waals surface area contributed by atoms with Gasteiger partial charge in [0.1, 0.15) is 0 Å². The van der Waals surface area contributed by atoms with Crippen molar-refractivity contribution in [1.29, 1.82) is 0 Å². The lowest BCUT2D eigenvalue weighted by Crippen LogP contribution is -2.04. The minimum absolute atomic E-state index is 0.348. The molecule has 2 aromatic rings. The van der Waals surface area contributed by atoms with Gasteiger partial charge in [-0.05, 0) is 41.6 Å². The Kier molecular flexibility index (Phi) is 2.90. The molecule has 15 heavy (non-hydrogen) atoms. The highest BCUT2D eigenvalue weighted by molar-refractivity contribution is 14.1. The van der Waals surface area contributed by atoms with Crippen LogP contribution < -0.4 is 0 Å². The van der Waals surface area contributed by atoms with Gasteiger partial charge in [0.2, 0.25) is 0 Å². The van der Waals surface area contributed by atoms with E-state index < -0.39 is 0 Å². The molecule has 0 radical (unpaired) electrons. The largest absolute Gasteiger partial charge is 0.461 e. The van der Waals surface area contributed by atoms with Crippen molar-refractivity contribution in [3.63, 3.8) is 0 Å². The first kappa shape index (κ1) is 10.4. The van der Waals surface area contributed by atoms with Gasteiger partial charge in [0.05, 0.1) is 10.2 Å². The van der Waals surface area contributed by atoms with Gasteiger partial charge in [-0.3, -0.25) is 0 Å². The third-order valence-electron chi connectivity index (χ3n) is 1.92. The maximum atomic E-state index is 11.4. The van der Waals surface area contributed by atoms with Crippen LogP contribution in [0.15, 0.2) is 24.5 Å². The van der Waals surface area contributed by atoms with Gasteiger partial charge in [-0.25, -0.2) is 9.78 Å². The first-order valence-corrected chi connectivity index (χ1v) is 5.60. The predicted molar refractivity (Wildman–Crippen MR) is 63.9 cm³/mol. The molecule has 0 aliphatic heterocycles. The van der Waals surface area contributed by atoms with Crippen LogP contribution in [-0.4, -0.2) is 22.0 Å². The molecule has 2 heterocycles. The van der Waals surface area contributed by atoms with E-state index in [1.165, 1.54) is 0 Å². The van der Waals surface area contributed by atoms with Crippen LogP contribution >= 0.6 is 22.6 Å². The Morgan fingerprint density at radius 2 is 2.47 bits per heavy atom. The van der Waals surface area contributed by atoms with Crippen molar-refractivity contribution in [3.05, 3.63) is 33.8 Å². The van der Waals surface area contributed by atoms with E-state index in [0.717, 1.165) is 9.22 Å². The van der Waals surface area contributed by atoms with Crippen molar-refractivity contribution in [2.24, 2.45) is 0 Å². The number of carbonyl (C=O) groups excluding carboxylic acids is 1. The number of pyridine rings is 1. The highest BCUT2D eigenvalue weighted by Gasteiger charge is 2.12. The molecular formula is C10H9IN2O2. The standard InChI is InChI=1S/C10H9IN2O2/c1-2-15-10(14)8-6-13-5-3-4-7(11)9(13)12-8/h3-6H,2H2,1H3. The Morgan fingerprint density at radius 3 is 3.13 bits per heavy atom. The van der Waals surface area contributed by atoms with Crippen LogP contribution in [0.5, 0.6) is 0 Å². The van der Waals surface area contributed by atoms with Gasteiger partial charge in [-0.15, -0.1) is 0 Å². The number of halogens is 1. The van der Waals surface area contributed by atoms with Gasteiger partial charge < -0.3 is 9.14 Å². The molecule has 5 heteroatoms. The summed E-state index contributed by atoms with van der Waals surface area (Å²) in [6.45, 7) is 2.14. The molecule has 0 amide bonds. The lowest BCUT2D eigenvalue weighted by Gasteiger charge is -1.95. The van der Waals surface area contributed by atoms with Crippen molar-refractivity contribution in [2.75, 3.05) is 6.61 Å². The van der Waals surface area contributed by atoms with E-state index in [0.29, 0.717) is 12.3 Å². The minimum atomic E-state index is -0.378. The molecule has 0 saturated carbocycles. The number of ether oxygens (including phenoxy) is 1. The minimum Gasteiger partial charge on any atom is -0.461 e. The van der Waals surface area contributed by atoms with Crippen molar-refractivity contribution >= 4 is 34.2 Å². The molecule has 0 bridgehead atoms. The zero-order valence-electron chi connectivity index (χ0n) is 8.11. The van der Waals surface area contributed by atoms with E-state index in [9.17, 15) is 4.79 Å². The highest BCUT2D eigenvalue weighted by atomic mass is 127. The van der Waals surface area contributed by atoms with Crippen LogP contribution in [0.2, 0.25) is 0 Å². The first-order chi connectivity index (χ1) is 7.22. The topological polar surface area (TPSA) is 43.6 Å². The fourth-order valence-electron chi connectivity index (χ4n) is 1.28. The van der Waals surface area contributed by atoms with E-state index in [1.807, 2.05) is 22.7 Å². The molecule has 4 nitrogen and oxygen atoms in total. The smallest absolute Gasteiger partial charge is 0.358 e. The van der Waals surface area contributed by atoms with Gasteiger partial charge in [0, 0.05) is 12.4 Å². The predicted octanol–water partition coefficient (Wildman–Crippen LogP) is 2.12. The first-order valence-electron chi connectivity index (χ1n) is 4.52. The lowest BCUT2D eigenvalue weighted by molar-refractivity contribution is 0.0520. The zero-order valence-corrected chi connectivity index (χ0v) is 10.3. The van der Waals surface area contributed by atoms with Crippen LogP contribution in [-0.2, 0) is 4.74 Å². The molecule has 0 saturated heterocycles. The fraction of sp³-hybridized carbons (Fsp3) is 0.200. The fourth-order valence-corrected chi connectivity index (χ4v) is 1.89. The summed E-state index contributed by atoms with van der Waals surface area (Å²) in [5.74, 6) is -0.378. The average molecular weight is 316 g/mol. The van der Waals surface area contributed by atoms with Crippen molar-refractivity contribution in [1.82, 2.24) is 9.38 Å². The van der Waals surface area contributed by atoms with Gasteiger partial charge in [0.15, 0.2) is 11.3 Å². The van der Waals surface area contributed by atoms with E-state index in [4.69, 9.17) is 4.74 Å². The van der Waals surface area contributed by atoms with Gasteiger partial charge in [-0.1, -0.05) is 0 Å². The SMILES string of the molecule is CCOC(=O)c1cn2cccc(I)c2n1. The zero-order chi connectivity index (χ0) is 10.8. The third-order valence-corrected chi connectivity index (χ3v) is 2.76. The van der Waals surface area contributed by atoms with Crippen molar-refractivity contribution < 1.29 is 9.53 Å². The maximum Gasteiger partial charge on any atom is 0.358 e. The Labute approximate surface area is 100 Å². The van der Waals surface area contributed by atoms with E-state index in [-0.39, 0.29) is 5.97 Å². The molecule has 0 aliphatic carbocycles. The molecule has 0 unspecified atom stereocenters. The second kappa shape index (κ2) is 4.18. The summed E-state index contributed by atoms with van der Waals surface area (Å²) in [6.07, 6.45) is 3.53.